The van der Waals surface area contributed by atoms with Gasteiger partial charge in [0.2, 0.25) is 0 Å². The predicted octanol–water partition coefficient (Wildman–Crippen LogP) is 2.55. The highest BCUT2D eigenvalue weighted by molar-refractivity contribution is 5.92. The number of aromatic carboxylic acids is 1. The molecule has 4 rings (SSSR count). The highest BCUT2D eigenvalue weighted by Crippen LogP contribution is 2.25. The number of hydrogen-bond acceptors (Lipinski definition) is 4. The lowest BCUT2D eigenvalue weighted by Gasteiger charge is -2.32. The quantitative estimate of drug-likeness (QED) is 0.752. The number of aromatic nitrogens is 4. The van der Waals surface area contributed by atoms with Crippen LogP contribution in [0.15, 0.2) is 48.8 Å². The smallest absolute Gasteiger partial charge is 0.339 e. The third-order valence-corrected chi connectivity index (χ3v) is 5.20. The minimum absolute atomic E-state index is 0.0865. The Bertz CT molecular complexity index is 1000. The van der Waals surface area contributed by atoms with Crippen molar-refractivity contribution in [1.29, 1.82) is 0 Å². The molecule has 0 radical (unpaired) electrons. The molecule has 1 aromatic carbocycles. The summed E-state index contributed by atoms with van der Waals surface area (Å²) in [5.41, 5.74) is 2.21. The van der Waals surface area contributed by atoms with Crippen molar-refractivity contribution < 1.29 is 14.7 Å². The number of piperidine rings is 1. The van der Waals surface area contributed by atoms with E-state index < -0.39 is 5.97 Å². The fraction of sp³-hybridized carbons (Fsp3) is 0.300. The van der Waals surface area contributed by atoms with Crippen LogP contribution in [0.4, 0.5) is 0 Å². The maximum atomic E-state index is 12.8. The van der Waals surface area contributed by atoms with Crippen molar-refractivity contribution in [1.82, 2.24) is 24.5 Å². The average molecular weight is 379 g/mol. The van der Waals surface area contributed by atoms with Gasteiger partial charge in [-0.15, -0.1) is 0 Å². The van der Waals surface area contributed by atoms with Crippen LogP contribution in [0.1, 0.15) is 45.4 Å². The minimum Gasteiger partial charge on any atom is -0.478 e. The largest absolute Gasteiger partial charge is 0.478 e. The number of hydrogen-bond donors (Lipinski definition) is 1. The number of rotatable bonds is 4. The van der Waals surface area contributed by atoms with E-state index in [1.54, 1.807) is 33.5 Å². The Labute approximate surface area is 162 Å². The molecule has 2 aromatic heterocycles. The summed E-state index contributed by atoms with van der Waals surface area (Å²) in [6.45, 7) is 2.94. The summed E-state index contributed by atoms with van der Waals surface area (Å²) < 4.78 is 3.47. The first-order chi connectivity index (χ1) is 13.5. The maximum Gasteiger partial charge on any atom is 0.339 e. The molecule has 0 bridgehead atoms. The molecule has 28 heavy (non-hydrogen) atoms. The topological polar surface area (TPSA) is 93.3 Å². The minimum atomic E-state index is -0.967. The first-order valence-electron chi connectivity index (χ1n) is 9.22. The van der Waals surface area contributed by atoms with Gasteiger partial charge in [0.1, 0.15) is 5.56 Å². The van der Waals surface area contributed by atoms with Gasteiger partial charge < -0.3 is 10.0 Å². The van der Waals surface area contributed by atoms with Gasteiger partial charge in [-0.05, 0) is 38.0 Å². The molecule has 0 spiro atoms. The second kappa shape index (κ2) is 7.30. The number of nitrogens with zero attached hydrogens (tertiary/aromatic N) is 5. The second-order valence-electron chi connectivity index (χ2n) is 6.90. The lowest BCUT2D eigenvalue weighted by Crippen LogP contribution is -2.39. The van der Waals surface area contributed by atoms with Crippen molar-refractivity contribution >= 4 is 11.9 Å². The van der Waals surface area contributed by atoms with Crippen LogP contribution in [0.25, 0.3) is 5.69 Å². The van der Waals surface area contributed by atoms with Crippen LogP contribution in [0.3, 0.4) is 0 Å². The Balaban J connectivity index is 1.42. The molecular weight excluding hydrogens is 358 g/mol. The van der Waals surface area contributed by atoms with Crippen LogP contribution in [0, 0.1) is 6.92 Å². The van der Waals surface area contributed by atoms with Gasteiger partial charge in [-0.25, -0.2) is 9.48 Å². The number of amides is 1. The summed E-state index contributed by atoms with van der Waals surface area (Å²) in [5, 5.41) is 17.8. The van der Waals surface area contributed by atoms with Gasteiger partial charge in [0, 0.05) is 19.3 Å². The van der Waals surface area contributed by atoms with Gasteiger partial charge in [0.25, 0.3) is 5.91 Å². The second-order valence-corrected chi connectivity index (χ2v) is 6.90. The highest BCUT2D eigenvalue weighted by atomic mass is 16.4. The Kier molecular flexibility index (Phi) is 4.68. The van der Waals surface area contributed by atoms with E-state index in [1.807, 2.05) is 30.3 Å². The molecule has 1 fully saturated rings. The van der Waals surface area contributed by atoms with Gasteiger partial charge in [-0.3, -0.25) is 9.48 Å². The first-order valence-corrected chi connectivity index (χ1v) is 9.22. The first kappa shape index (κ1) is 18.0. The van der Waals surface area contributed by atoms with E-state index in [-0.39, 0.29) is 17.5 Å². The molecule has 0 saturated carbocycles. The molecule has 0 aliphatic carbocycles. The average Bonchev–Trinajstić information content (AvgIpc) is 3.35. The summed E-state index contributed by atoms with van der Waals surface area (Å²) in [4.78, 5) is 25.8. The van der Waals surface area contributed by atoms with Gasteiger partial charge >= 0.3 is 5.97 Å². The third-order valence-electron chi connectivity index (χ3n) is 5.20. The molecule has 1 aliphatic rings. The molecule has 1 N–H and O–H groups in total. The highest BCUT2D eigenvalue weighted by Gasteiger charge is 2.28. The molecule has 3 aromatic rings. The summed E-state index contributed by atoms with van der Waals surface area (Å²) in [7, 11) is 0. The Morgan fingerprint density at radius 1 is 1.11 bits per heavy atom. The van der Waals surface area contributed by atoms with E-state index >= 15 is 0 Å². The maximum absolute atomic E-state index is 12.8. The van der Waals surface area contributed by atoms with E-state index in [4.69, 9.17) is 0 Å². The number of carboxylic acid groups (broad SMARTS) is 1. The number of carboxylic acids is 1. The monoisotopic (exact) mass is 379 g/mol. The van der Waals surface area contributed by atoms with E-state index in [0.29, 0.717) is 24.5 Å². The zero-order valence-corrected chi connectivity index (χ0v) is 15.5. The van der Waals surface area contributed by atoms with Crippen LogP contribution in [-0.4, -0.2) is 54.5 Å². The lowest BCUT2D eigenvalue weighted by molar-refractivity contribution is 0.0682. The molecular formula is C20H21N5O3. The van der Waals surface area contributed by atoms with E-state index in [0.717, 1.165) is 18.5 Å². The fourth-order valence-electron chi connectivity index (χ4n) is 3.64. The van der Waals surface area contributed by atoms with Crippen LogP contribution in [0.2, 0.25) is 0 Å². The Morgan fingerprint density at radius 2 is 1.82 bits per heavy atom. The molecule has 1 aliphatic heterocycles. The molecule has 8 heteroatoms. The number of para-hydroxylation sites is 1. The van der Waals surface area contributed by atoms with Crippen molar-refractivity contribution in [3.05, 3.63) is 65.7 Å². The normalized spacial score (nSPS) is 15.0. The van der Waals surface area contributed by atoms with Crippen LogP contribution >= 0.6 is 0 Å². The predicted molar refractivity (Wildman–Crippen MR) is 102 cm³/mol. The summed E-state index contributed by atoms with van der Waals surface area (Å²) >= 11 is 0. The van der Waals surface area contributed by atoms with Crippen molar-refractivity contribution in [2.24, 2.45) is 0 Å². The van der Waals surface area contributed by atoms with E-state index in [1.165, 1.54) is 6.20 Å². The summed E-state index contributed by atoms with van der Waals surface area (Å²) in [5.74, 6) is -1.05. The molecule has 1 saturated heterocycles. The molecule has 0 atom stereocenters. The van der Waals surface area contributed by atoms with E-state index in [9.17, 15) is 14.7 Å². The van der Waals surface area contributed by atoms with E-state index in [2.05, 4.69) is 10.2 Å². The van der Waals surface area contributed by atoms with Gasteiger partial charge in [0.15, 0.2) is 5.69 Å². The molecule has 1 amide bonds. The zero-order chi connectivity index (χ0) is 19.7. The number of benzene rings is 1. The third kappa shape index (κ3) is 3.28. The molecule has 3 heterocycles. The fourth-order valence-corrected chi connectivity index (χ4v) is 3.64. The van der Waals surface area contributed by atoms with Crippen molar-refractivity contribution in [2.45, 2.75) is 25.8 Å². The lowest BCUT2D eigenvalue weighted by atomic mass is 10.0. The number of carbonyl (C=O) groups excluding carboxylic acids is 1. The van der Waals surface area contributed by atoms with Gasteiger partial charge in [0.05, 0.1) is 23.6 Å². The number of carbonyl (C=O) groups is 2. The van der Waals surface area contributed by atoms with Crippen LogP contribution < -0.4 is 0 Å². The van der Waals surface area contributed by atoms with Gasteiger partial charge in [-0.2, -0.15) is 10.2 Å². The van der Waals surface area contributed by atoms with Crippen LogP contribution in [0.5, 0.6) is 0 Å². The van der Waals surface area contributed by atoms with Crippen LogP contribution in [-0.2, 0) is 0 Å². The van der Waals surface area contributed by atoms with Crippen molar-refractivity contribution in [3.8, 4) is 5.69 Å². The zero-order valence-electron chi connectivity index (χ0n) is 15.5. The summed E-state index contributed by atoms with van der Waals surface area (Å²) in [6, 6.07) is 11.5. The van der Waals surface area contributed by atoms with Crippen molar-refractivity contribution in [3.63, 3.8) is 0 Å². The molecule has 144 valence electrons. The Hall–Kier alpha value is -3.42. The SMILES string of the molecule is Cc1c(C(=O)O)cnn1C1CCN(C(=O)c2ccn(-c3ccccc3)n2)CC1. The molecule has 0 unspecified atom stereocenters. The number of likely N-dealkylation sites (tertiary alicyclic amines) is 1. The Morgan fingerprint density at radius 3 is 2.46 bits per heavy atom. The standard InChI is InChI=1S/C20H21N5O3/c1-14-17(20(27)28)13-21-25(14)16-7-10-23(11-8-16)19(26)18-9-12-24(22-18)15-5-3-2-4-6-15/h2-6,9,12-13,16H,7-8,10-11H2,1H3,(H,27,28). The summed E-state index contributed by atoms with van der Waals surface area (Å²) in [6.07, 6.45) is 4.64. The molecule has 8 nitrogen and oxygen atoms in total. The van der Waals surface area contributed by atoms with Crippen molar-refractivity contribution in [2.75, 3.05) is 13.1 Å². The van der Waals surface area contributed by atoms with Gasteiger partial charge in [-0.1, -0.05) is 18.2 Å².